The first-order valence-electron chi connectivity index (χ1n) is 7.51. The normalized spacial score (nSPS) is 18.6. The minimum absolute atomic E-state index is 0.267. The fourth-order valence-electron chi connectivity index (χ4n) is 2.96. The van der Waals surface area contributed by atoms with Crippen molar-refractivity contribution in [1.82, 2.24) is 0 Å². The molecule has 1 N–H and O–H groups in total. The minimum Gasteiger partial charge on any atom is -0.489 e. The Labute approximate surface area is 119 Å². The molecule has 108 valence electrons. The summed E-state index contributed by atoms with van der Waals surface area (Å²) in [5.74, 6) is 0.898. The Morgan fingerprint density at radius 3 is 3.00 bits per heavy atom. The summed E-state index contributed by atoms with van der Waals surface area (Å²) in [6.07, 6.45) is 6.19. The van der Waals surface area contributed by atoms with E-state index in [0.717, 1.165) is 12.2 Å². The van der Waals surface area contributed by atoms with Crippen molar-refractivity contribution in [2.45, 2.75) is 32.1 Å². The minimum atomic E-state index is -0.267. The van der Waals surface area contributed by atoms with Gasteiger partial charge in [0, 0.05) is 6.54 Å². The molecule has 0 spiro atoms. The van der Waals surface area contributed by atoms with E-state index < -0.39 is 0 Å². The highest BCUT2D eigenvalue weighted by molar-refractivity contribution is 5.95. The SMILES string of the molecule is O=C(OCC1CCCCC1)c1cccc2c1OCCN2. The maximum atomic E-state index is 12.2. The predicted molar refractivity (Wildman–Crippen MR) is 77.3 cm³/mol. The van der Waals surface area contributed by atoms with Crippen LogP contribution < -0.4 is 10.1 Å². The van der Waals surface area contributed by atoms with Crippen LogP contribution in [0.4, 0.5) is 5.69 Å². The van der Waals surface area contributed by atoms with Gasteiger partial charge in [-0.2, -0.15) is 0 Å². The lowest BCUT2D eigenvalue weighted by Gasteiger charge is -2.23. The monoisotopic (exact) mass is 275 g/mol. The molecule has 4 heteroatoms. The molecule has 0 unspecified atom stereocenters. The van der Waals surface area contributed by atoms with E-state index in [0.29, 0.717) is 30.4 Å². The standard InChI is InChI=1S/C16H21NO3/c18-16(20-11-12-5-2-1-3-6-12)13-7-4-8-14-15(13)19-10-9-17-14/h4,7-8,12,17H,1-3,5-6,9-11H2. The third kappa shape index (κ3) is 2.89. The first-order chi connectivity index (χ1) is 9.84. The first kappa shape index (κ1) is 13.3. The molecular formula is C16H21NO3. The van der Waals surface area contributed by atoms with Gasteiger partial charge >= 0.3 is 5.97 Å². The van der Waals surface area contributed by atoms with Crippen LogP contribution in [0.15, 0.2) is 18.2 Å². The van der Waals surface area contributed by atoms with Gasteiger partial charge in [-0.05, 0) is 30.9 Å². The smallest absolute Gasteiger partial charge is 0.342 e. The number of anilines is 1. The van der Waals surface area contributed by atoms with Gasteiger partial charge in [0.25, 0.3) is 0 Å². The molecule has 4 nitrogen and oxygen atoms in total. The number of para-hydroxylation sites is 1. The van der Waals surface area contributed by atoms with Crippen molar-refractivity contribution in [1.29, 1.82) is 0 Å². The molecule has 1 heterocycles. The van der Waals surface area contributed by atoms with Gasteiger partial charge in [0.2, 0.25) is 0 Å². The van der Waals surface area contributed by atoms with Crippen LogP contribution in [0.1, 0.15) is 42.5 Å². The molecule has 0 atom stereocenters. The van der Waals surface area contributed by atoms with Crippen LogP contribution in [0.5, 0.6) is 5.75 Å². The van der Waals surface area contributed by atoms with Crippen molar-refractivity contribution in [3.8, 4) is 5.75 Å². The highest BCUT2D eigenvalue weighted by Gasteiger charge is 2.21. The zero-order valence-electron chi connectivity index (χ0n) is 11.7. The molecule has 0 amide bonds. The number of nitrogens with one attached hydrogen (secondary N) is 1. The van der Waals surface area contributed by atoms with E-state index >= 15 is 0 Å². The van der Waals surface area contributed by atoms with Crippen LogP contribution in [0, 0.1) is 5.92 Å². The third-order valence-corrected chi connectivity index (χ3v) is 4.07. The highest BCUT2D eigenvalue weighted by Crippen LogP contribution is 2.32. The molecular weight excluding hydrogens is 254 g/mol. The lowest BCUT2D eigenvalue weighted by molar-refractivity contribution is 0.0406. The van der Waals surface area contributed by atoms with Crippen LogP contribution in [0.25, 0.3) is 0 Å². The van der Waals surface area contributed by atoms with Crippen LogP contribution in [-0.2, 0) is 4.74 Å². The van der Waals surface area contributed by atoms with Gasteiger partial charge in [0.05, 0.1) is 12.3 Å². The molecule has 20 heavy (non-hydrogen) atoms. The summed E-state index contributed by atoms with van der Waals surface area (Å²) in [5.41, 5.74) is 1.41. The molecule has 1 aromatic rings. The summed E-state index contributed by atoms with van der Waals surface area (Å²) in [7, 11) is 0. The van der Waals surface area contributed by atoms with Crippen LogP contribution >= 0.6 is 0 Å². The van der Waals surface area contributed by atoms with Gasteiger partial charge in [-0.3, -0.25) is 0 Å². The molecule has 1 saturated carbocycles. The van der Waals surface area contributed by atoms with Crippen molar-refractivity contribution in [2.24, 2.45) is 5.92 Å². The Bertz CT molecular complexity index is 481. The Morgan fingerprint density at radius 1 is 1.30 bits per heavy atom. The summed E-state index contributed by atoms with van der Waals surface area (Å²) < 4.78 is 11.1. The molecule has 1 aromatic carbocycles. The average Bonchev–Trinajstić information content (AvgIpc) is 2.53. The number of rotatable bonds is 3. The molecule has 1 fully saturated rings. The van der Waals surface area contributed by atoms with E-state index in [4.69, 9.17) is 9.47 Å². The average molecular weight is 275 g/mol. The molecule has 0 bridgehead atoms. The van der Waals surface area contributed by atoms with E-state index in [1.807, 2.05) is 12.1 Å². The van der Waals surface area contributed by atoms with Gasteiger partial charge < -0.3 is 14.8 Å². The van der Waals surface area contributed by atoms with Crippen LogP contribution in [0.3, 0.4) is 0 Å². The second-order valence-corrected chi connectivity index (χ2v) is 5.56. The molecule has 3 rings (SSSR count). The van der Waals surface area contributed by atoms with Gasteiger partial charge in [0.15, 0.2) is 5.75 Å². The first-order valence-corrected chi connectivity index (χ1v) is 7.51. The van der Waals surface area contributed by atoms with E-state index in [2.05, 4.69) is 5.32 Å². The fourth-order valence-corrected chi connectivity index (χ4v) is 2.96. The number of ether oxygens (including phenoxy) is 2. The quantitative estimate of drug-likeness (QED) is 0.860. The number of hydrogen-bond donors (Lipinski definition) is 1. The van der Waals surface area contributed by atoms with Crippen molar-refractivity contribution in [3.63, 3.8) is 0 Å². The third-order valence-electron chi connectivity index (χ3n) is 4.07. The largest absolute Gasteiger partial charge is 0.489 e. The summed E-state index contributed by atoms with van der Waals surface area (Å²) in [6.45, 7) is 1.89. The Balaban J connectivity index is 1.64. The highest BCUT2D eigenvalue weighted by atomic mass is 16.5. The van der Waals surface area contributed by atoms with E-state index in [-0.39, 0.29) is 5.97 Å². The Kier molecular flexibility index (Phi) is 4.09. The van der Waals surface area contributed by atoms with Crippen molar-refractivity contribution in [3.05, 3.63) is 23.8 Å². The summed E-state index contributed by atoms with van der Waals surface area (Å²) >= 11 is 0. The summed E-state index contributed by atoms with van der Waals surface area (Å²) in [4.78, 5) is 12.2. The zero-order valence-corrected chi connectivity index (χ0v) is 11.7. The Morgan fingerprint density at radius 2 is 2.15 bits per heavy atom. The van der Waals surface area contributed by atoms with Crippen LogP contribution in [0.2, 0.25) is 0 Å². The van der Waals surface area contributed by atoms with Crippen molar-refractivity contribution < 1.29 is 14.3 Å². The van der Waals surface area contributed by atoms with E-state index in [9.17, 15) is 4.79 Å². The van der Waals surface area contributed by atoms with Crippen molar-refractivity contribution in [2.75, 3.05) is 25.1 Å². The van der Waals surface area contributed by atoms with Crippen molar-refractivity contribution >= 4 is 11.7 Å². The topological polar surface area (TPSA) is 47.6 Å². The van der Waals surface area contributed by atoms with E-state index in [1.54, 1.807) is 6.07 Å². The second-order valence-electron chi connectivity index (χ2n) is 5.56. The molecule has 0 saturated heterocycles. The number of hydrogen-bond acceptors (Lipinski definition) is 4. The maximum absolute atomic E-state index is 12.2. The number of carbonyl (C=O) groups excluding carboxylic acids is 1. The van der Waals surface area contributed by atoms with E-state index in [1.165, 1.54) is 32.1 Å². The van der Waals surface area contributed by atoms with Gasteiger partial charge in [-0.15, -0.1) is 0 Å². The molecule has 0 radical (unpaired) electrons. The summed E-state index contributed by atoms with van der Waals surface area (Å²) in [5, 5.41) is 3.23. The van der Waals surface area contributed by atoms with Gasteiger partial charge in [-0.1, -0.05) is 25.3 Å². The number of esters is 1. The van der Waals surface area contributed by atoms with Crippen LogP contribution in [-0.4, -0.2) is 25.7 Å². The lowest BCUT2D eigenvalue weighted by Crippen LogP contribution is -2.21. The molecule has 1 aliphatic heterocycles. The van der Waals surface area contributed by atoms with Gasteiger partial charge in [-0.25, -0.2) is 4.79 Å². The fraction of sp³-hybridized carbons (Fsp3) is 0.562. The molecule has 2 aliphatic rings. The Hall–Kier alpha value is -1.71. The maximum Gasteiger partial charge on any atom is 0.342 e. The number of fused-ring (bicyclic) bond motifs is 1. The number of benzene rings is 1. The zero-order chi connectivity index (χ0) is 13.8. The predicted octanol–water partition coefficient (Wildman–Crippen LogP) is 3.23. The molecule has 0 aromatic heterocycles. The second kappa shape index (κ2) is 6.16. The lowest BCUT2D eigenvalue weighted by atomic mass is 9.90. The summed E-state index contributed by atoms with van der Waals surface area (Å²) in [6, 6.07) is 5.55. The van der Waals surface area contributed by atoms with Gasteiger partial charge in [0.1, 0.15) is 12.2 Å². The number of carbonyl (C=O) groups is 1. The molecule has 1 aliphatic carbocycles.